The van der Waals surface area contributed by atoms with Gasteiger partial charge in [-0.1, -0.05) is 39.0 Å². The molecule has 2 aliphatic rings. The third-order valence-electron chi connectivity index (χ3n) is 5.84. The highest BCUT2D eigenvalue weighted by molar-refractivity contribution is 5.96. The lowest BCUT2D eigenvalue weighted by molar-refractivity contribution is 0.193. The first kappa shape index (κ1) is 14.1. The number of hydrogen-bond acceptors (Lipinski definition) is 2. The Labute approximate surface area is 126 Å². The summed E-state index contributed by atoms with van der Waals surface area (Å²) in [6, 6.07) is 9.13. The number of carbonyl (C=O) groups is 1. The van der Waals surface area contributed by atoms with E-state index in [1.165, 1.54) is 12.8 Å². The third-order valence-corrected chi connectivity index (χ3v) is 5.84. The first-order valence-electron chi connectivity index (χ1n) is 7.62. The lowest BCUT2D eigenvalue weighted by Crippen LogP contribution is -2.35. The average Bonchev–Trinajstić information content (AvgIpc) is 2.79. The second-order valence-corrected chi connectivity index (χ2v) is 6.98. The molecule has 1 aromatic carbocycles. The molecule has 4 nitrogen and oxygen atoms in total. The number of hydrazone groups is 1. The van der Waals surface area contributed by atoms with E-state index in [1.54, 1.807) is 0 Å². The molecule has 2 bridgehead atoms. The van der Waals surface area contributed by atoms with Gasteiger partial charge in [-0.3, -0.25) is 0 Å². The van der Waals surface area contributed by atoms with Crippen LogP contribution in [0.5, 0.6) is 0 Å². The van der Waals surface area contributed by atoms with Gasteiger partial charge in [-0.15, -0.1) is 0 Å². The van der Waals surface area contributed by atoms with E-state index in [4.69, 9.17) is 0 Å². The van der Waals surface area contributed by atoms with Crippen LogP contribution in [0.15, 0.2) is 35.4 Å². The number of anilines is 1. The molecular weight excluding hydrogens is 262 g/mol. The molecule has 2 fully saturated rings. The quantitative estimate of drug-likeness (QED) is 0.792. The lowest BCUT2D eigenvalue weighted by Gasteiger charge is -2.34. The number of benzene rings is 1. The Morgan fingerprint density at radius 2 is 1.95 bits per heavy atom. The van der Waals surface area contributed by atoms with Crippen LogP contribution >= 0.6 is 0 Å². The summed E-state index contributed by atoms with van der Waals surface area (Å²) in [7, 11) is 0. The van der Waals surface area contributed by atoms with Gasteiger partial charge in [-0.05, 0) is 42.7 Å². The molecule has 1 aromatic rings. The van der Waals surface area contributed by atoms with Crippen molar-refractivity contribution < 1.29 is 4.79 Å². The molecule has 0 radical (unpaired) electrons. The molecule has 4 heteroatoms. The van der Waals surface area contributed by atoms with E-state index in [9.17, 15) is 4.79 Å². The normalized spacial score (nSPS) is 31.4. The van der Waals surface area contributed by atoms with E-state index in [0.29, 0.717) is 5.92 Å². The van der Waals surface area contributed by atoms with Crippen LogP contribution in [-0.2, 0) is 0 Å². The fourth-order valence-corrected chi connectivity index (χ4v) is 3.90. The number of para-hydroxylation sites is 1. The maximum Gasteiger partial charge on any atom is 0.339 e. The van der Waals surface area contributed by atoms with Gasteiger partial charge in [-0.25, -0.2) is 10.2 Å². The molecule has 0 spiro atoms. The van der Waals surface area contributed by atoms with Gasteiger partial charge >= 0.3 is 6.03 Å². The van der Waals surface area contributed by atoms with Crippen molar-refractivity contribution in [1.82, 2.24) is 5.43 Å². The average molecular weight is 285 g/mol. The predicted octanol–water partition coefficient (Wildman–Crippen LogP) is 4.01. The number of rotatable bonds is 2. The molecule has 0 aromatic heterocycles. The standard InChI is InChI=1S/C17H23N3O/c1-16(2)12-9-10-17(16,3)14(11-12)19-20-15(21)18-13-7-5-4-6-8-13/h4-8,12H,9-11H2,1-3H3,(H2,18,20,21)/b19-14+/t12-,17-/m1/s1. The first-order chi connectivity index (χ1) is 9.93. The molecule has 2 N–H and O–H groups in total. The molecule has 0 saturated heterocycles. The zero-order valence-electron chi connectivity index (χ0n) is 12.9. The SMILES string of the molecule is CC1(C)[C@@H]2CC[C@]1(C)/C(=N/NC(=O)Nc1ccccc1)C2. The van der Waals surface area contributed by atoms with Crippen molar-refractivity contribution in [2.45, 2.75) is 40.0 Å². The van der Waals surface area contributed by atoms with Crippen LogP contribution in [0.2, 0.25) is 0 Å². The van der Waals surface area contributed by atoms with Crippen LogP contribution < -0.4 is 10.7 Å². The lowest BCUT2D eigenvalue weighted by atomic mass is 9.70. The highest BCUT2D eigenvalue weighted by Crippen LogP contribution is 2.63. The maximum atomic E-state index is 11.9. The second-order valence-electron chi connectivity index (χ2n) is 6.98. The Morgan fingerprint density at radius 1 is 1.24 bits per heavy atom. The monoisotopic (exact) mass is 285 g/mol. The predicted molar refractivity (Wildman–Crippen MR) is 85.3 cm³/mol. The van der Waals surface area contributed by atoms with Gasteiger partial charge in [0.2, 0.25) is 0 Å². The van der Waals surface area contributed by atoms with Crippen molar-refractivity contribution in [2.24, 2.45) is 21.8 Å². The van der Waals surface area contributed by atoms with Gasteiger partial charge in [0.05, 0.1) is 0 Å². The molecule has 2 atom stereocenters. The molecular formula is C17H23N3O. The van der Waals surface area contributed by atoms with Crippen molar-refractivity contribution >= 4 is 17.4 Å². The molecule has 112 valence electrons. The van der Waals surface area contributed by atoms with Crippen molar-refractivity contribution in [1.29, 1.82) is 0 Å². The van der Waals surface area contributed by atoms with Gasteiger partial charge < -0.3 is 5.32 Å². The molecule has 2 amide bonds. The number of fused-ring (bicyclic) bond motifs is 2. The van der Waals surface area contributed by atoms with Gasteiger partial charge in [0.1, 0.15) is 0 Å². The Hall–Kier alpha value is -1.84. The van der Waals surface area contributed by atoms with E-state index in [2.05, 4.69) is 36.6 Å². The summed E-state index contributed by atoms with van der Waals surface area (Å²) in [5, 5.41) is 7.21. The van der Waals surface area contributed by atoms with Crippen molar-refractivity contribution in [3.63, 3.8) is 0 Å². The summed E-state index contributed by atoms with van der Waals surface area (Å²) >= 11 is 0. The topological polar surface area (TPSA) is 53.5 Å². The molecule has 0 aliphatic heterocycles. The molecule has 2 aliphatic carbocycles. The number of nitrogens with one attached hydrogen (secondary N) is 2. The fourth-order valence-electron chi connectivity index (χ4n) is 3.90. The molecule has 21 heavy (non-hydrogen) atoms. The van der Waals surface area contributed by atoms with Crippen LogP contribution in [0.4, 0.5) is 10.5 Å². The Kier molecular flexibility index (Phi) is 3.27. The van der Waals surface area contributed by atoms with Gasteiger partial charge in [-0.2, -0.15) is 5.10 Å². The molecule has 3 rings (SSSR count). The number of urea groups is 1. The summed E-state index contributed by atoms with van der Waals surface area (Å²) in [4.78, 5) is 11.9. The highest BCUT2D eigenvalue weighted by Gasteiger charge is 2.59. The fraction of sp³-hybridized carbons (Fsp3) is 0.529. The van der Waals surface area contributed by atoms with Crippen LogP contribution in [0.25, 0.3) is 0 Å². The maximum absolute atomic E-state index is 11.9. The van der Waals surface area contributed by atoms with E-state index in [0.717, 1.165) is 17.8 Å². The van der Waals surface area contributed by atoms with Crippen LogP contribution in [0.1, 0.15) is 40.0 Å². The number of nitrogens with zero attached hydrogens (tertiary/aromatic N) is 1. The van der Waals surface area contributed by atoms with Crippen LogP contribution in [0, 0.1) is 16.7 Å². The Balaban J connectivity index is 1.66. The summed E-state index contributed by atoms with van der Waals surface area (Å²) in [5.74, 6) is 0.695. The minimum absolute atomic E-state index is 0.123. The summed E-state index contributed by atoms with van der Waals surface area (Å²) in [6.45, 7) is 6.95. The first-order valence-corrected chi connectivity index (χ1v) is 7.62. The Morgan fingerprint density at radius 3 is 2.52 bits per heavy atom. The number of carbonyl (C=O) groups excluding carboxylic acids is 1. The summed E-state index contributed by atoms with van der Waals surface area (Å²) in [6.07, 6.45) is 3.46. The summed E-state index contributed by atoms with van der Waals surface area (Å²) in [5.41, 5.74) is 4.98. The number of hydrogen-bond donors (Lipinski definition) is 2. The van der Waals surface area contributed by atoms with E-state index in [1.807, 2.05) is 30.3 Å². The third kappa shape index (κ3) is 2.23. The Bertz CT molecular complexity index is 579. The van der Waals surface area contributed by atoms with Gasteiger partial charge in [0.25, 0.3) is 0 Å². The van der Waals surface area contributed by atoms with E-state index >= 15 is 0 Å². The zero-order chi connectivity index (χ0) is 15.1. The molecule has 2 saturated carbocycles. The number of amides is 2. The van der Waals surface area contributed by atoms with Crippen molar-refractivity contribution in [3.05, 3.63) is 30.3 Å². The molecule has 0 heterocycles. The minimum atomic E-state index is -0.280. The van der Waals surface area contributed by atoms with E-state index < -0.39 is 0 Å². The highest BCUT2D eigenvalue weighted by atomic mass is 16.2. The van der Waals surface area contributed by atoms with Gasteiger partial charge in [0, 0.05) is 16.8 Å². The summed E-state index contributed by atoms with van der Waals surface area (Å²) < 4.78 is 0. The van der Waals surface area contributed by atoms with Crippen LogP contribution in [0.3, 0.4) is 0 Å². The van der Waals surface area contributed by atoms with E-state index in [-0.39, 0.29) is 16.9 Å². The largest absolute Gasteiger partial charge is 0.339 e. The van der Waals surface area contributed by atoms with Crippen molar-refractivity contribution in [3.8, 4) is 0 Å². The molecule has 0 unspecified atom stereocenters. The van der Waals surface area contributed by atoms with Crippen molar-refractivity contribution in [2.75, 3.05) is 5.32 Å². The minimum Gasteiger partial charge on any atom is -0.307 e. The second kappa shape index (κ2) is 4.86. The van der Waals surface area contributed by atoms with Crippen LogP contribution in [-0.4, -0.2) is 11.7 Å². The zero-order valence-corrected chi connectivity index (χ0v) is 12.9. The van der Waals surface area contributed by atoms with Gasteiger partial charge in [0.15, 0.2) is 0 Å². The smallest absolute Gasteiger partial charge is 0.307 e.